The molecule has 4 N–H and O–H groups in total. The van der Waals surface area contributed by atoms with E-state index >= 15 is 0 Å². The Kier molecular flexibility index (Phi) is 7.29. The van der Waals surface area contributed by atoms with Gasteiger partial charge in [0.1, 0.15) is 0 Å². The van der Waals surface area contributed by atoms with Crippen molar-refractivity contribution in [3.05, 3.63) is 0 Å². The second-order valence-electron chi connectivity index (χ2n) is 3.85. The Morgan fingerprint density at radius 2 is 2.13 bits per heavy atom. The van der Waals surface area contributed by atoms with E-state index in [-0.39, 0.29) is 12.5 Å². The van der Waals surface area contributed by atoms with Gasteiger partial charge in [0.25, 0.3) is 0 Å². The lowest BCUT2D eigenvalue weighted by Gasteiger charge is -2.20. The first kappa shape index (κ1) is 14.3. The molecule has 0 rings (SSSR count). The first-order valence-corrected chi connectivity index (χ1v) is 5.27. The molecule has 15 heavy (non-hydrogen) atoms. The molecular formula is C10H22N2O3. The summed E-state index contributed by atoms with van der Waals surface area (Å²) in [6.45, 7) is 6.81. The van der Waals surface area contributed by atoms with E-state index in [0.717, 1.165) is 0 Å². The molecule has 0 spiro atoms. The Balaban J connectivity index is 3.84. The maximum atomic E-state index is 11.0. The van der Waals surface area contributed by atoms with E-state index in [1.807, 2.05) is 20.8 Å². The van der Waals surface area contributed by atoms with E-state index in [1.165, 1.54) is 0 Å². The highest BCUT2D eigenvalue weighted by Gasteiger charge is 2.19. The van der Waals surface area contributed by atoms with E-state index in [9.17, 15) is 9.90 Å². The molecule has 0 saturated heterocycles. The Morgan fingerprint density at radius 1 is 1.53 bits per heavy atom. The van der Waals surface area contributed by atoms with Crippen molar-refractivity contribution in [3.63, 3.8) is 0 Å². The molecule has 5 nitrogen and oxygen atoms in total. The minimum Gasteiger partial charge on any atom is -0.389 e. The molecule has 0 bridgehead atoms. The number of primary amides is 1. The minimum atomic E-state index is -0.606. The molecule has 2 atom stereocenters. The average Bonchev–Trinajstić information content (AvgIpc) is 2.13. The third-order valence-electron chi connectivity index (χ3n) is 2.06. The highest BCUT2D eigenvalue weighted by molar-refractivity contribution is 5.80. The summed E-state index contributed by atoms with van der Waals surface area (Å²) < 4.78 is 5.04. The molecular weight excluding hydrogens is 196 g/mol. The van der Waals surface area contributed by atoms with Gasteiger partial charge in [-0.05, 0) is 12.8 Å². The van der Waals surface area contributed by atoms with Crippen molar-refractivity contribution < 1.29 is 14.6 Å². The van der Waals surface area contributed by atoms with Gasteiger partial charge in [0.05, 0.1) is 18.8 Å². The number of hydrogen-bond acceptors (Lipinski definition) is 4. The fourth-order valence-electron chi connectivity index (χ4n) is 1.24. The molecule has 90 valence electrons. The summed E-state index contributed by atoms with van der Waals surface area (Å²) in [5.41, 5.74) is 5.21. The molecule has 0 aromatic rings. The first-order valence-electron chi connectivity index (χ1n) is 5.27. The second-order valence-corrected chi connectivity index (χ2v) is 3.85. The predicted octanol–water partition coefficient (Wildman–Crippen LogP) is -0.517. The van der Waals surface area contributed by atoms with Crippen LogP contribution < -0.4 is 11.1 Å². The lowest BCUT2D eigenvalue weighted by Crippen LogP contribution is -2.48. The number of aliphatic hydroxyl groups excluding tert-OH is 1. The van der Waals surface area contributed by atoms with Gasteiger partial charge in [-0.2, -0.15) is 0 Å². The minimum absolute atomic E-state index is 0.113. The Morgan fingerprint density at radius 3 is 2.53 bits per heavy atom. The zero-order chi connectivity index (χ0) is 11.8. The number of carbonyl (C=O) groups is 1. The second kappa shape index (κ2) is 7.62. The van der Waals surface area contributed by atoms with Crippen LogP contribution in [0.4, 0.5) is 0 Å². The zero-order valence-corrected chi connectivity index (χ0v) is 9.69. The summed E-state index contributed by atoms with van der Waals surface area (Å²) in [5.74, 6) is -0.282. The standard InChI is InChI=1S/C10H22N2O3/c1-4-15-6-8(13)5-12-9(7(2)3)10(11)14/h7-9,12-13H,4-6H2,1-3H3,(H2,11,14). The predicted molar refractivity (Wildman–Crippen MR) is 58.3 cm³/mol. The number of nitrogens with one attached hydrogen (secondary N) is 1. The molecule has 1 amide bonds. The van der Waals surface area contributed by atoms with E-state index in [1.54, 1.807) is 0 Å². The van der Waals surface area contributed by atoms with E-state index in [0.29, 0.717) is 13.2 Å². The number of carbonyl (C=O) groups excluding carboxylic acids is 1. The molecule has 0 radical (unpaired) electrons. The number of amides is 1. The molecule has 0 saturated carbocycles. The van der Waals surface area contributed by atoms with Crippen LogP contribution in [-0.4, -0.2) is 42.9 Å². The van der Waals surface area contributed by atoms with Crippen molar-refractivity contribution in [1.29, 1.82) is 0 Å². The molecule has 0 aliphatic heterocycles. The normalized spacial score (nSPS) is 15.3. The summed E-state index contributed by atoms with van der Waals surface area (Å²) in [7, 11) is 0. The number of ether oxygens (including phenoxy) is 1. The lowest BCUT2D eigenvalue weighted by molar-refractivity contribution is -0.121. The molecule has 2 unspecified atom stereocenters. The van der Waals surface area contributed by atoms with E-state index in [2.05, 4.69) is 5.32 Å². The Bertz CT molecular complexity index is 186. The van der Waals surface area contributed by atoms with Gasteiger partial charge in [0, 0.05) is 13.2 Å². The summed E-state index contributed by atoms with van der Waals surface area (Å²) >= 11 is 0. The molecule has 0 heterocycles. The van der Waals surface area contributed by atoms with Crippen LogP contribution in [-0.2, 0) is 9.53 Å². The third-order valence-corrected chi connectivity index (χ3v) is 2.06. The van der Waals surface area contributed by atoms with Crippen LogP contribution in [0, 0.1) is 5.92 Å². The van der Waals surface area contributed by atoms with E-state index < -0.39 is 18.1 Å². The van der Waals surface area contributed by atoms with Crippen molar-refractivity contribution in [1.82, 2.24) is 5.32 Å². The highest BCUT2D eigenvalue weighted by atomic mass is 16.5. The van der Waals surface area contributed by atoms with Crippen LogP contribution in [0.2, 0.25) is 0 Å². The van der Waals surface area contributed by atoms with Crippen molar-refractivity contribution in [2.75, 3.05) is 19.8 Å². The summed E-state index contributed by atoms with van der Waals surface area (Å²) in [6.07, 6.45) is -0.606. The molecule has 0 aliphatic rings. The van der Waals surface area contributed by atoms with Gasteiger partial charge in [0.15, 0.2) is 0 Å². The van der Waals surface area contributed by atoms with Gasteiger partial charge < -0.3 is 20.9 Å². The fourth-order valence-corrected chi connectivity index (χ4v) is 1.24. The quantitative estimate of drug-likeness (QED) is 0.512. The smallest absolute Gasteiger partial charge is 0.234 e. The maximum absolute atomic E-state index is 11.0. The monoisotopic (exact) mass is 218 g/mol. The van der Waals surface area contributed by atoms with Crippen molar-refractivity contribution >= 4 is 5.91 Å². The number of hydrogen-bond donors (Lipinski definition) is 3. The van der Waals surface area contributed by atoms with Crippen LogP contribution in [0.5, 0.6) is 0 Å². The van der Waals surface area contributed by atoms with Gasteiger partial charge >= 0.3 is 0 Å². The van der Waals surface area contributed by atoms with Gasteiger partial charge in [-0.25, -0.2) is 0 Å². The maximum Gasteiger partial charge on any atom is 0.234 e. The lowest BCUT2D eigenvalue weighted by atomic mass is 10.0. The molecule has 0 aliphatic carbocycles. The van der Waals surface area contributed by atoms with Crippen LogP contribution in [0.15, 0.2) is 0 Å². The van der Waals surface area contributed by atoms with E-state index in [4.69, 9.17) is 10.5 Å². The SMILES string of the molecule is CCOCC(O)CNC(C(N)=O)C(C)C. The van der Waals surface area contributed by atoms with Gasteiger partial charge in [-0.1, -0.05) is 13.8 Å². The Labute approximate surface area is 91.0 Å². The van der Waals surface area contributed by atoms with Crippen LogP contribution in [0.3, 0.4) is 0 Å². The van der Waals surface area contributed by atoms with Gasteiger partial charge in [-0.15, -0.1) is 0 Å². The first-order chi connectivity index (χ1) is 6.99. The van der Waals surface area contributed by atoms with Gasteiger partial charge in [-0.3, -0.25) is 4.79 Å². The molecule has 5 heteroatoms. The third kappa shape index (κ3) is 6.43. The zero-order valence-electron chi connectivity index (χ0n) is 9.69. The van der Waals surface area contributed by atoms with Crippen molar-refractivity contribution in [3.8, 4) is 0 Å². The number of nitrogens with two attached hydrogens (primary N) is 1. The van der Waals surface area contributed by atoms with Crippen molar-refractivity contribution in [2.45, 2.75) is 32.9 Å². The summed E-state index contributed by atoms with van der Waals surface area (Å²) in [5, 5.41) is 12.4. The van der Waals surface area contributed by atoms with Crippen LogP contribution in [0.1, 0.15) is 20.8 Å². The summed E-state index contributed by atoms with van der Waals surface area (Å²) in [6, 6.07) is -0.402. The van der Waals surface area contributed by atoms with Crippen LogP contribution >= 0.6 is 0 Å². The number of aliphatic hydroxyl groups is 1. The average molecular weight is 218 g/mol. The largest absolute Gasteiger partial charge is 0.389 e. The fraction of sp³-hybridized carbons (Fsp3) is 0.900. The Hall–Kier alpha value is -0.650. The highest BCUT2D eigenvalue weighted by Crippen LogP contribution is 2.00. The van der Waals surface area contributed by atoms with Gasteiger partial charge in [0.2, 0.25) is 5.91 Å². The molecule has 0 aromatic carbocycles. The topological polar surface area (TPSA) is 84.6 Å². The van der Waals surface area contributed by atoms with Crippen LogP contribution in [0.25, 0.3) is 0 Å². The molecule has 0 fully saturated rings. The number of rotatable bonds is 8. The van der Waals surface area contributed by atoms with Crippen molar-refractivity contribution in [2.24, 2.45) is 11.7 Å². The summed E-state index contributed by atoms with van der Waals surface area (Å²) in [4.78, 5) is 11.0. The molecule has 0 aromatic heterocycles.